The summed E-state index contributed by atoms with van der Waals surface area (Å²) in [4.78, 5) is 4.83. The lowest BCUT2D eigenvalue weighted by Gasteiger charge is -2.13. The van der Waals surface area contributed by atoms with Gasteiger partial charge in [0.05, 0.1) is 5.52 Å². The third-order valence-electron chi connectivity index (χ3n) is 3.37. The summed E-state index contributed by atoms with van der Waals surface area (Å²) in [5.74, 6) is 0. The summed E-state index contributed by atoms with van der Waals surface area (Å²) in [5.41, 5.74) is 6.15. The summed E-state index contributed by atoms with van der Waals surface area (Å²) in [6.45, 7) is 9.71. The van der Waals surface area contributed by atoms with Gasteiger partial charge in [-0.25, -0.2) is 0 Å². The van der Waals surface area contributed by atoms with E-state index in [0.717, 1.165) is 31.3 Å². The highest BCUT2D eigenvalue weighted by atomic mass is 14.9. The molecular weight excluding hydrogens is 232 g/mol. The second-order valence-corrected chi connectivity index (χ2v) is 5.32. The normalized spacial score (nSPS) is 10.9. The van der Waals surface area contributed by atoms with Crippen LogP contribution in [0.15, 0.2) is 18.2 Å². The molecule has 0 bridgehead atoms. The van der Waals surface area contributed by atoms with E-state index in [1.165, 1.54) is 27.9 Å². The van der Waals surface area contributed by atoms with Gasteiger partial charge in [-0.05, 0) is 44.4 Å². The molecule has 0 amide bonds. The van der Waals surface area contributed by atoms with Gasteiger partial charge in [-0.1, -0.05) is 31.9 Å². The number of aromatic nitrogens is 1. The van der Waals surface area contributed by atoms with E-state index >= 15 is 0 Å². The van der Waals surface area contributed by atoms with Gasteiger partial charge in [-0.15, -0.1) is 0 Å². The molecule has 0 spiro atoms. The Morgan fingerprint density at radius 3 is 2.53 bits per heavy atom. The zero-order chi connectivity index (χ0) is 13.8. The molecular formula is C17H24N2. The first kappa shape index (κ1) is 13.9. The predicted octanol–water partition coefficient (Wildman–Crippen LogP) is 4.63. The molecule has 0 unspecified atom stereocenters. The van der Waals surface area contributed by atoms with Crippen LogP contribution in [0.4, 0.5) is 5.69 Å². The first-order valence-corrected chi connectivity index (χ1v) is 7.30. The topological polar surface area (TPSA) is 24.9 Å². The van der Waals surface area contributed by atoms with E-state index in [-0.39, 0.29) is 0 Å². The van der Waals surface area contributed by atoms with Gasteiger partial charge in [-0.2, -0.15) is 0 Å². The van der Waals surface area contributed by atoms with Gasteiger partial charge in [0, 0.05) is 23.3 Å². The molecule has 102 valence electrons. The smallest absolute Gasteiger partial charge is 0.0755 e. The van der Waals surface area contributed by atoms with Crippen molar-refractivity contribution in [3.05, 3.63) is 35.0 Å². The lowest BCUT2D eigenvalue weighted by Crippen LogP contribution is -2.03. The van der Waals surface area contributed by atoms with Crippen molar-refractivity contribution in [2.75, 3.05) is 11.9 Å². The van der Waals surface area contributed by atoms with Crippen LogP contribution < -0.4 is 5.32 Å². The van der Waals surface area contributed by atoms with Crippen LogP contribution in [-0.2, 0) is 6.42 Å². The van der Waals surface area contributed by atoms with Crippen LogP contribution in [0.2, 0.25) is 0 Å². The first-order valence-electron chi connectivity index (χ1n) is 7.30. The number of benzene rings is 1. The Labute approximate surface area is 116 Å². The van der Waals surface area contributed by atoms with Crippen molar-refractivity contribution in [2.45, 2.75) is 47.0 Å². The molecule has 1 aromatic heterocycles. The number of hydrogen-bond acceptors (Lipinski definition) is 2. The molecule has 1 N–H and O–H groups in total. The Morgan fingerprint density at radius 2 is 1.84 bits per heavy atom. The number of fused-ring (bicyclic) bond motifs is 1. The summed E-state index contributed by atoms with van der Waals surface area (Å²) >= 11 is 0. The number of rotatable bonds is 5. The van der Waals surface area contributed by atoms with Gasteiger partial charge in [0.1, 0.15) is 0 Å². The standard InChI is InChI=1S/C17H24N2/c1-5-7-14-11-16(18-8-6-2)15-10-12(3)9-13(4)17(15)19-14/h9-11H,5-8H2,1-4H3,(H,18,19). The van der Waals surface area contributed by atoms with Crippen molar-refractivity contribution in [1.29, 1.82) is 0 Å². The van der Waals surface area contributed by atoms with Crippen molar-refractivity contribution >= 4 is 16.6 Å². The fourth-order valence-corrected chi connectivity index (χ4v) is 2.52. The number of nitrogens with zero attached hydrogens (tertiary/aromatic N) is 1. The Balaban J connectivity index is 2.60. The van der Waals surface area contributed by atoms with Crippen LogP contribution in [0.3, 0.4) is 0 Å². The highest BCUT2D eigenvalue weighted by Gasteiger charge is 2.08. The van der Waals surface area contributed by atoms with Crippen LogP contribution in [0.5, 0.6) is 0 Å². The number of pyridine rings is 1. The molecule has 2 nitrogen and oxygen atoms in total. The van der Waals surface area contributed by atoms with Crippen LogP contribution in [0, 0.1) is 13.8 Å². The minimum atomic E-state index is 1.01. The van der Waals surface area contributed by atoms with E-state index in [1.54, 1.807) is 0 Å². The molecule has 0 radical (unpaired) electrons. The third kappa shape index (κ3) is 3.06. The van der Waals surface area contributed by atoms with Gasteiger partial charge >= 0.3 is 0 Å². The Bertz CT molecular complexity index is 573. The van der Waals surface area contributed by atoms with Gasteiger partial charge in [0.25, 0.3) is 0 Å². The van der Waals surface area contributed by atoms with Gasteiger partial charge in [0.15, 0.2) is 0 Å². The van der Waals surface area contributed by atoms with Crippen molar-refractivity contribution in [3.63, 3.8) is 0 Å². The van der Waals surface area contributed by atoms with E-state index in [1.807, 2.05) is 0 Å². The van der Waals surface area contributed by atoms with E-state index in [4.69, 9.17) is 4.98 Å². The molecule has 2 rings (SSSR count). The van der Waals surface area contributed by atoms with Crippen molar-refractivity contribution in [2.24, 2.45) is 0 Å². The minimum Gasteiger partial charge on any atom is -0.384 e. The average Bonchev–Trinajstić information content (AvgIpc) is 2.37. The minimum absolute atomic E-state index is 1.01. The van der Waals surface area contributed by atoms with E-state index in [9.17, 15) is 0 Å². The molecule has 0 saturated heterocycles. The molecule has 0 aliphatic carbocycles. The second-order valence-electron chi connectivity index (χ2n) is 5.32. The summed E-state index contributed by atoms with van der Waals surface area (Å²) in [5, 5.41) is 4.81. The lowest BCUT2D eigenvalue weighted by atomic mass is 10.0. The van der Waals surface area contributed by atoms with Crippen molar-refractivity contribution in [1.82, 2.24) is 4.98 Å². The van der Waals surface area contributed by atoms with Crippen LogP contribution in [-0.4, -0.2) is 11.5 Å². The van der Waals surface area contributed by atoms with Crippen molar-refractivity contribution < 1.29 is 0 Å². The van der Waals surface area contributed by atoms with Gasteiger partial charge in [0.2, 0.25) is 0 Å². The molecule has 0 aliphatic rings. The second kappa shape index (κ2) is 6.05. The quantitative estimate of drug-likeness (QED) is 0.844. The SMILES string of the molecule is CCCNc1cc(CCC)nc2c(C)cc(C)cc12. The molecule has 1 heterocycles. The number of hydrogen-bond donors (Lipinski definition) is 1. The van der Waals surface area contributed by atoms with Crippen molar-refractivity contribution in [3.8, 4) is 0 Å². The fraction of sp³-hybridized carbons (Fsp3) is 0.471. The highest BCUT2D eigenvalue weighted by molar-refractivity contribution is 5.94. The summed E-state index contributed by atoms with van der Waals surface area (Å²) in [6, 6.07) is 6.68. The van der Waals surface area contributed by atoms with E-state index in [2.05, 4.69) is 51.2 Å². The summed E-state index contributed by atoms with van der Waals surface area (Å²) in [6.07, 6.45) is 3.32. The lowest BCUT2D eigenvalue weighted by molar-refractivity contribution is 0.888. The zero-order valence-corrected chi connectivity index (χ0v) is 12.5. The number of aryl methyl sites for hydroxylation is 3. The largest absolute Gasteiger partial charge is 0.384 e. The van der Waals surface area contributed by atoms with E-state index in [0.29, 0.717) is 0 Å². The molecule has 0 fully saturated rings. The molecule has 0 atom stereocenters. The van der Waals surface area contributed by atoms with Crippen LogP contribution in [0.1, 0.15) is 43.5 Å². The molecule has 19 heavy (non-hydrogen) atoms. The first-order chi connectivity index (χ1) is 9.15. The number of anilines is 1. The molecule has 0 saturated carbocycles. The molecule has 2 heteroatoms. The predicted molar refractivity (Wildman–Crippen MR) is 84.0 cm³/mol. The maximum Gasteiger partial charge on any atom is 0.0755 e. The third-order valence-corrected chi connectivity index (χ3v) is 3.37. The Morgan fingerprint density at radius 1 is 1.05 bits per heavy atom. The van der Waals surface area contributed by atoms with E-state index < -0.39 is 0 Å². The average molecular weight is 256 g/mol. The Kier molecular flexibility index (Phi) is 4.41. The maximum absolute atomic E-state index is 4.83. The van der Waals surface area contributed by atoms with Crippen LogP contribution >= 0.6 is 0 Å². The number of nitrogens with one attached hydrogen (secondary N) is 1. The van der Waals surface area contributed by atoms with Gasteiger partial charge in [-0.3, -0.25) is 4.98 Å². The summed E-state index contributed by atoms with van der Waals surface area (Å²) in [7, 11) is 0. The fourth-order valence-electron chi connectivity index (χ4n) is 2.52. The van der Waals surface area contributed by atoms with Crippen LogP contribution in [0.25, 0.3) is 10.9 Å². The monoisotopic (exact) mass is 256 g/mol. The Hall–Kier alpha value is -1.57. The molecule has 2 aromatic rings. The molecule has 1 aromatic carbocycles. The maximum atomic E-state index is 4.83. The zero-order valence-electron chi connectivity index (χ0n) is 12.5. The summed E-state index contributed by atoms with van der Waals surface area (Å²) < 4.78 is 0. The molecule has 0 aliphatic heterocycles. The van der Waals surface area contributed by atoms with Gasteiger partial charge < -0.3 is 5.32 Å². The highest BCUT2D eigenvalue weighted by Crippen LogP contribution is 2.27.